The second kappa shape index (κ2) is 5.97. The molecule has 1 rings (SSSR count). The number of hydrogen-bond donors (Lipinski definition) is 2. The van der Waals surface area contributed by atoms with E-state index < -0.39 is 10.8 Å². The van der Waals surface area contributed by atoms with E-state index in [4.69, 9.17) is 5.11 Å². The van der Waals surface area contributed by atoms with E-state index in [0.717, 1.165) is 0 Å². The van der Waals surface area contributed by atoms with Crippen molar-refractivity contribution in [2.45, 2.75) is 0 Å². The third-order valence-corrected chi connectivity index (χ3v) is 2.51. The number of nitrogens with one attached hydrogen (secondary N) is 1. The summed E-state index contributed by atoms with van der Waals surface area (Å²) in [6, 6.07) is 4.05. The summed E-state index contributed by atoms with van der Waals surface area (Å²) in [5.41, 5.74) is 0.603. The van der Waals surface area contributed by atoms with Crippen molar-refractivity contribution in [1.29, 1.82) is 0 Å². The zero-order valence-electron chi connectivity index (χ0n) is 10.2. The topological polar surface area (TPSA) is 95.7 Å². The predicted octanol–water partition coefficient (Wildman–Crippen LogP) is 0.383. The number of benzene rings is 1. The highest BCUT2D eigenvalue weighted by molar-refractivity contribution is 6.00. The summed E-state index contributed by atoms with van der Waals surface area (Å²) in [4.78, 5) is 23.5. The van der Waals surface area contributed by atoms with Gasteiger partial charge in [-0.15, -0.1) is 0 Å². The SMILES string of the molecule is CNC(=O)c1cc([N+](=O)[O-])ccc1N(C)CCO. The summed E-state index contributed by atoms with van der Waals surface area (Å²) in [5, 5.41) is 22.0. The number of likely N-dealkylation sites (N-methyl/N-ethyl adjacent to an activating group) is 1. The molecule has 0 spiro atoms. The number of anilines is 1. The van der Waals surface area contributed by atoms with Gasteiger partial charge in [0.2, 0.25) is 0 Å². The Balaban J connectivity index is 3.24. The number of nitro groups is 1. The van der Waals surface area contributed by atoms with Gasteiger partial charge in [0.1, 0.15) is 0 Å². The summed E-state index contributed by atoms with van der Waals surface area (Å²) in [6.45, 7) is 0.266. The van der Waals surface area contributed by atoms with Crippen molar-refractivity contribution in [3.05, 3.63) is 33.9 Å². The van der Waals surface area contributed by atoms with Crippen molar-refractivity contribution in [2.24, 2.45) is 0 Å². The molecule has 0 saturated heterocycles. The number of aliphatic hydroxyl groups is 1. The van der Waals surface area contributed by atoms with E-state index in [0.29, 0.717) is 12.2 Å². The van der Waals surface area contributed by atoms with Gasteiger partial charge in [-0.3, -0.25) is 14.9 Å². The van der Waals surface area contributed by atoms with Gasteiger partial charge in [0.15, 0.2) is 0 Å². The Bertz CT molecular complexity index is 462. The molecule has 0 saturated carbocycles. The van der Waals surface area contributed by atoms with Gasteiger partial charge >= 0.3 is 0 Å². The van der Waals surface area contributed by atoms with Crippen molar-refractivity contribution < 1.29 is 14.8 Å². The molecule has 0 aliphatic heterocycles. The molecule has 1 amide bonds. The third-order valence-electron chi connectivity index (χ3n) is 2.51. The van der Waals surface area contributed by atoms with Gasteiger partial charge in [-0.1, -0.05) is 0 Å². The maximum absolute atomic E-state index is 11.7. The van der Waals surface area contributed by atoms with Crippen LogP contribution in [0.5, 0.6) is 0 Å². The average Bonchev–Trinajstić information content (AvgIpc) is 2.37. The van der Waals surface area contributed by atoms with Crippen LogP contribution in [-0.2, 0) is 0 Å². The Morgan fingerprint density at radius 2 is 2.22 bits per heavy atom. The van der Waals surface area contributed by atoms with Crippen LogP contribution < -0.4 is 10.2 Å². The first-order chi connectivity index (χ1) is 8.51. The lowest BCUT2D eigenvalue weighted by Crippen LogP contribution is -2.26. The quantitative estimate of drug-likeness (QED) is 0.584. The van der Waals surface area contributed by atoms with Crippen LogP contribution in [0.15, 0.2) is 18.2 Å². The van der Waals surface area contributed by atoms with Crippen LogP contribution in [0.1, 0.15) is 10.4 Å². The minimum Gasteiger partial charge on any atom is -0.395 e. The summed E-state index contributed by atoms with van der Waals surface area (Å²) in [6.07, 6.45) is 0. The second-order valence-corrected chi connectivity index (χ2v) is 3.68. The molecule has 0 aromatic heterocycles. The first-order valence-corrected chi connectivity index (χ1v) is 5.33. The Morgan fingerprint density at radius 3 is 2.72 bits per heavy atom. The molecule has 0 aliphatic carbocycles. The molecular weight excluding hydrogens is 238 g/mol. The third kappa shape index (κ3) is 2.95. The fraction of sp³-hybridized carbons (Fsp3) is 0.364. The van der Waals surface area contributed by atoms with E-state index in [9.17, 15) is 14.9 Å². The van der Waals surface area contributed by atoms with Crippen LogP contribution in [0.3, 0.4) is 0 Å². The molecule has 0 unspecified atom stereocenters. The zero-order valence-corrected chi connectivity index (χ0v) is 10.2. The van der Waals surface area contributed by atoms with Crippen molar-refractivity contribution in [2.75, 3.05) is 32.1 Å². The van der Waals surface area contributed by atoms with Gasteiger partial charge in [0.05, 0.1) is 17.1 Å². The van der Waals surface area contributed by atoms with Gasteiger partial charge in [-0.2, -0.15) is 0 Å². The maximum atomic E-state index is 11.7. The minimum absolute atomic E-state index is 0.0688. The number of hydrogen-bond acceptors (Lipinski definition) is 5. The highest BCUT2D eigenvalue weighted by atomic mass is 16.6. The van der Waals surface area contributed by atoms with Gasteiger partial charge in [0, 0.05) is 38.5 Å². The number of carbonyl (C=O) groups excluding carboxylic acids is 1. The van der Waals surface area contributed by atoms with E-state index >= 15 is 0 Å². The molecule has 1 aromatic carbocycles. The molecule has 0 fully saturated rings. The number of aliphatic hydroxyl groups excluding tert-OH is 1. The highest BCUT2D eigenvalue weighted by Crippen LogP contribution is 2.24. The molecule has 2 N–H and O–H groups in total. The van der Waals surface area contributed by atoms with Crippen molar-refractivity contribution >= 4 is 17.3 Å². The Kier molecular flexibility index (Phi) is 4.61. The second-order valence-electron chi connectivity index (χ2n) is 3.68. The Labute approximate surface area is 104 Å². The summed E-state index contributed by atoms with van der Waals surface area (Å²) in [5.74, 6) is -0.404. The Morgan fingerprint density at radius 1 is 1.56 bits per heavy atom. The molecule has 0 aliphatic rings. The molecule has 0 bridgehead atoms. The van der Waals surface area contributed by atoms with Crippen molar-refractivity contribution in [3.63, 3.8) is 0 Å². The summed E-state index contributed by atoms with van der Waals surface area (Å²) >= 11 is 0. The van der Waals surface area contributed by atoms with Gasteiger partial charge in [-0.25, -0.2) is 0 Å². The van der Waals surface area contributed by atoms with Crippen molar-refractivity contribution in [3.8, 4) is 0 Å². The Hall–Kier alpha value is -2.15. The fourth-order valence-electron chi connectivity index (χ4n) is 1.56. The van der Waals surface area contributed by atoms with Crippen LogP contribution in [0.25, 0.3) is 0 Å². The molecule has 0 heterocycles. The normalized spacial score (nSPS) is 9.94. The predicted molar refractivity (Wildman–Crippen MR) is 66.8 cm³/mol. The summed E-state index contributed by atoms with van der Waals surface area (Å²) in [7, 11) is 3.15. The molecule has 7 nitrogen and oxygen atoms in total. The van der Waals surface area contributed by atoms with Crippen LogP contribution in [-0.4, -0.2) is 43.2 Å². The number of nitrogens with zero attached hydrogens (tertiary/aromatic N) is 2. The van der Waals surface area contributed by atoms with Crippen LogP contribution in [0.2, 0.25) is 0 Å². The van der Waals surface area contributed by atoms with E-state index in [1.807, 2.05) is 0 Å². The monoisotopic (exact) mass is 253 g/mol. The first kappa shape index (κ1) is 13.9. The van der Waals surface area contributed by atoms with E-state index in [1.165, 1.54) is 25.2 Å². The van der Waals surface area contributed by atoms with E-state index in [1.54, 1.807) is 11.9 Å². The molecule has 1 aromatic rings. The smallest absolute Gasteiger partial charge is 0.270 e. The average molecular weight is 253 g/mol. The van der Waals surface area contributed by atoms with Crippen molar-refractivity contribution in [1.82, 2.24) is 5.32 Å². The molecule has 0 radical (unpaired) electrons. The van der Waals surface area contributed by atoms with E-state index in [-0.39, 0.29) is 17.9 Å². The molecule has 98 valence electrons. The van der Waals surface area contributed by atoms with Gasteiger partial charge in [0.25, 0.3) is 11.6 Å². The highest BCUT2D eigenvalue weighted by Gasteiger charge is 2.17. The molecule has 0 atom stereocenters. The lowest BCUT2D eigenvalue weighted by Gasteiger charge is -2.20. The number of carbonyl (C=O) groups is 1. The summed E-state index contributed by atoms with van der Waals surface area (Å²) < 4.78 is 0. The largest absolute Gasteiger partial charge is 0.395 e. The van der Waals surface area contributed by atoms with Crippen LogP contribution >= 0.6 is 0 Å². The molecule has 18 heavy (non-hydrogen) atoms. The zero-order chi connectivity index (χ0) is 13.7. The lowest BCUT2D eigenvalue weighted by molar-refractivity contribution is -0.384. The number of amides is 1. The molecule has 7 heteroatoms. The minimum atomic E-state index is -0.553. The number of rotatable bonds is 5. The van der Waals surface area contributed by atoms with E-state index in [2.05, 4.69) is 5.32 Å². The van der Waals surface area contributed by atoms with Crippen LogP contribution in [0.4, 0.5) is 11.4 Å². The first-order valence-electron chi connectivity index (χ1n) is 5.33. The fourth-order valence-corrected chi connectivity index (χ4v) is 1.56. The molecular formula is C11H15N3O4. The lowest BCUT2D eigenvalue weighted by atomic mass is 10.1. The number of nitro benzene ring substituents is 1. The van der Waals surface area contributed by atoms with Crippen LogP contribution in [0, 0.1) is 10.1 Å². The standard InChI is InChI=1S/C11H15N3O4/c1-12-11(16)9-7-8(14(17)18)3-4-10(9)13(2)5-6-15/h3-4,7,15H,5-6H2,1-2H3,(H,12,16). The maximum Gasteiger partial charge on any atom is 0.270 e. The van der Waals surface area contributed by atoms with Gasteiger partial charge < -0.3 is 15.3 Å². The number of non-ortho nitro benzene ring substituents is 1. The van der Waals surface area contributed by atoms with Gasteiger partial charge in [-0.05, 0) is 6.07 Å².